The van der Waals surface area contributed by atoms with Gasteiger partial charge in [-0.25, -0.2) is 0 Å². The van der Waals surface area contributed by atoms with Crippen molar-refractivity contribution in [3.05, 3.63) is 22.5 Å². The standard InChI is InChI=1S/C9H10ClNO/c10-9-7(5-12)4-8(11-9)3-6-1-2-6/h4-6,11H,1-3H2. The van der Waals surface area contributed by atoms with Crippen LogP contribution in [-0.4, -0.2) is 11.3 Å². The summed E-state index contributed by atoms with van der Waals surface area (Å²) in [5.74, 6) is 0.819. The van der Waals surface area contributed by atoms with Gasteiger partial charge in [-0.05, 0) is 31.2 Å². The van der Waals surface area contributed by atoms with Gasteiger partial charge < -0.3 is 4.98 Å². The van der Waals surface area contributed by atoms with Crippen LogP contribution in [0.3, 0.4) is 0 Å². The van der Waals surface area contributed by atoms with E-state index in [4.69, 9.17) is 11.6 Å². The van der Waals surface area contributed by atoms with Gasteiger partial charge in [0.05, 0.1) is 5.56 Å². The summed E-state index contributed by atoms with van der Waals surface area (Å²) in [6.45, 7) is 0. The van der Waals surface area contributed by atoms with Gasteiger partial charge in [-0.15, -0.1) is 0 Å². The molecule has 0 unspecified atom stereocenters. The average Bonchev–Trinajstić information content (AvgIpc) is 2.76. The third-order valence-corrected chi connectivity index (χ3v) is 2.50. The molecule has 1 N–H and O–H groups in total. The van der Waals surface area contributed by atoms with E-state index in [1.54, 1.807) is 0 Å². The molecule has 0 saturated heterocycles. The highest BCUT2D eigenvalue weighted by molar-refractivity contribution is 6.31. The van der Waals surface area contributed by atoms with Gasteiger partial charge in [0, 0.05) is 5.69 Å². The first-order valence-corrected chi connectivity index (χ1v) is 4.50. The van der Waals surface area contributed by atoms with Gasteiger partial charge in [-0.2, -0.15) is 0 Å². The van der Waals surface area contributed by atoms with Gasteiger partial charge in [0.2, 0.25) is 0 Å². The normalized spacial score (nSPS) is 16.4. The molecule has 1 heterocycles. The van der Waals surface area contributed by atoms with Crippen molar-refractivity contribution in [2.75, 3.05) is 0 Å². The summed E-state index contributed by atoms with van der Waals surface area (Å²) in [4.78, 5) is 13.4. The first-order valence-electron chi connectivity index (χ1n) is 4.12. The Labute approximate surface area is 75.9 Å². The largest absolute Gasteiger partial charge is 0.349 e. The molecule has 3 heteroatoms. The Morgan fingerprint density at radius 2 is 2.42 bits per heavy atom. The molecule has 64 valence electrons. The minimum absolute atomic E-state index is 0.473. The van der Waals surface area contributed by atoms with Crippen LogP contribution in [0.1, 0.15) is 28.9 Å². The van der Waals surface area contributed by atoms with Crippen molar-refractivity contribution in [3.8, 4) is 0 Å². The molecule has 1 fully saturated rings. The van der Waals surface area contributed by atoms with E-state index >= 15 is 0 Å². The Balaban J connectivity index is 2.15. The summed E-state index contributed by atoms with van der Waals surface area (Å²) in [5, 5.41) is 0.473. The highest BCUT2D eigenvalue weighted by atomic mass is 35.5. The second kappa shape index (κ2) is 2.94. The maximum Gasteiger partial charge on any atom is 0.153 e. The van der Waals surface area contributed by atoms with Crippen LogP contribution < -0.4 is 0 Å². The topological polar surface area (TPSA) is 32.9 Å². The van der Waals surface area contributed by atoms with E-state index in [-0.39, 0.29) is 0 Å². The molecule has 2 rings (SSSR count). The summed E-state index contributed by atoms with van der Waals surface area (Å²) in [6.07, 6.45) is 4.45. The quantitative estimate of drug-likeness (QED) is 0.718. The maximum atomic E-state index is 10.4. The highest BCUT2D eigenvalue weighted by Crippen LogP contribution is 2.32. The number of hydrogen-bond acceptors (Lipinski definition) is 1. The molecule has 0 aliphatic heterocycles. The minimum atomic E-state index is 0.473. The van der Waals surface area contributed by atoms with E-state index in [0.29, 0.717) is 10.7 Å². The molecule has 0 radical (unpaired) electrons. The van der Waals surface area contributed by atoms with Crippen molar-refractivity contribution in [2.24, 2.45) is 5.92 Å². The second-order valence-corrected chi connectivity index (χ2v) is 3.71. The Kier molecular flexibility index (Phi) is 1.93. The van der Waals surface area contributed by atoms with Crippen LogP contribution in [-0.2, 0) is 6.42 Å². The summed E-state index contributed by atoms with van der Waals surface area (Å²) in [6, 6.07) is 1.84. The number of rotatable bonds is 3. The third-order valence-electron chi connectivity index (χ3n) is 2.19. The van der Waals surface area contributed by atoms with Crippen LogP contribution in [0.4, 0.5) is 0 Å². The van der Waals surface area contributed by atoms with Gasteiger partial charge in [0.1, 0.15) is 5.15 Å². The lowest BCUT2D eigenvalue weighted by Gasteiger charge is -1.90. The smallest absolute Gasteiger partial charge is 0.153 e. The molecular formula is C9H10ClNO. The van der Waals surface area contributed by atoms with Crippen molar-refractivity contribution in [3.63, 3.8) is 0 Å². The molecule has 1 aromatic heterocycles. The number of carbonyl (C=O) groups excluding carboxylic acids is 1. The third kappa shape index (κ3) is 1.53. The fraction of sp³-hybridized carbons (Fsp3) is 0.444. The highest BCUT2D eigenvalue weighted by Gasteiger charge is 2.22. The van der Waals surface area contributed by atoms with Crippen LogP contribution in [0.25, 0.3) is 0 Å². The number of nitrogens with one attached hydrogen (secondary N) is 1. The van der Waals surface area contributed by atoms with Gasteiger partial charge in [-0.3, -0.25) is 4.79 Å². The second-order valence-electron chi connectivity index (χ2n) is 3.33. The summed E-state index contributed by atoms with van der Waals surface area (Å²) in [5.41, 5.74) is 1.66. The molecule has 1 aromatic rings. The molecule has 0 bridgehead atoms. The SMILES string of the molecule is O=Cc1cc(CC2CC2)[nH]c1Cl. The van der Waals surface area contributed by atoms with E-state index in [2.05, 4.69) is 4.98 Å². The lowest BCUT2D eigenvalue weighted by molar-refractivity contribution is 0.112. The number of carbonyl (C=O) groups is 1. The number of aromatic amines is 1. The number of hydrogen-bond donors (Lipinski definition) is 1. The van der Waals surface area contributed by atoms with Crippen LogP contribution in [0.2, 0.25) is 5.15 Å². The zero-order valence-corrected chi connectivity index (χ0v) is 7.40. The number of aldehydes is 1. The van der Waals surface area contributed by atoms with Crippen molar-refractivity contribution >= 4 is 17.9 Å². The predicted molar refractivity (Wildman–Crippen MR) is 47.6 cm³/mol. The minimum Gasteiger partial charge on any atom is -0.349 e. The molecule has 1 aliphatic rings. The first kappa shape index (κ1) is 7.87. The van der Waals surface area contributed by atoms with Crippen molar-refractivity contribution in [1.82, 2.24) is 4.98 Å². The fourth-order valence-corrected chi connectivity index (χ4v) is 1.55. The lowest BCUT2D eigenvalue weighted by atomic mass is 10.2. The Morgan fingerprint density at radius 3 is 2.92 bits per heavy atom. The van der Waals surface area contributed by atoms with Crippen molar-refractivity contribution < 1.29 is 4.79 Å². The first-order chi connectivity index (χ1) is 5.79. The van der Waals surface area contributed by atoms with Crippen LogP contribution >= 0.6 is 11.6 Å². The number of halogens is 1. The van der Waals surface area contributed by atoms with Gasteiger partial charge in [0.15, 0.2) is 6.29 Å². The average molecular weight is 184 g/mol. The number of H-pyrrole nitrogens is 1. The Morgan fingerprint density at radius 1 is 1.67 bits per heavy atom. The summed E-state index contributed by atoms with van der Waals surface area (Å²) >= 11 is 5.76. The zero-order valence-electron chi connectivity index (χ0n) is 6.64. The maximum absolute atomic E-state index is 10.4. The lowest BCUT2D eigenvalue weighted by Crippen LogP contribution is -1.85. The van der Waals surface area contributed by atoms with Crippen molar-refractivity contribution in [1.29, 1.82) is 0 Å². The zero-order chi connectivity index (χ0) is 8.55. The predicted octanol–water partition coefficient (Wildman–Crippen LogP) is 2.43. The van der Waals surface area contributed by atoms with E-state index in [1.165, 1.54) is 12.8 Å². The number of aromatic nitrogens is 1. The van der Waals surface area contributed by atoms with Crippen molar-refractivity contribution in [2.45, 2.75) is 19.3 Å². The molecule has 0 aromatic carbocycles. The summed E-state index contributed by atoms with van der Waals surface area (Å²) < 4.78 is 0. The van der Waals surface area contributed by atoms with Crippen LogP contribution in [0, 0.1) is 5.92 Å². The molecule has 0 amide bonds. The molecule has 0 atom stereocenters. The molecule has 1 saturated carbocycles. The molecule has 0 spiro atoms. The van der Waals surface area contributed by atoms with E-state index in [9.17, 15) is 4.79 Å². The fourth-order valence-electron chi connectivity index (χ4n) is 1.33. The van der Waals surface area contributed by atoms with Gasteiger partial charge >= 0.3 is 0 Å². The van der Waals surface area contributed by atoms with Gasteiger partial charge in [0.25, 0.3) is 0 Å². The molecule has 12 heavy (non-hydrogen) atoms. The summed E-state index contributed by atoms with van der Waals surface area (Å²) in [7, 11) is 0. The van der Waals surface area contributed by atoms with E-state index < -0.39 is 0 Å². The Hall–Kier alpha value is -0.760. The Bertz CT molecular complexity index is 301. The molecule has 1 aliphatic carbocycles. The van der Waals surface area contributed by atoms with E-state index in [1.807, 2.05) is 6.07 Å². The molecule has 2 nitrogen and oxygen atoms in total. The van der Waals surface area contributed by atoms with Crippen LogP contribution in [0.15, 0.2) is 6.07 Å². The van der Waals surface area contributed by atoms with E-state index in [0.717, 1.165) is 24.3 Å². The molecular weight excluding hydrogens is 174 g/mol. The monoisotopic (exact) mass is 183 g/mol. The van der Waals surface area contributed by atoms with Gasteiger partial charge in [-0.1, -0.05) is 11.6 Å². The van der Waals surface area contributed by atoms with Crippen LogP contribution in [0.5, 0.6) is 0 Å².